The van der Waals surface area contributed by atoms with E-state index in [2.05, 4.69) is 46.6 Å². The Labute approximate surface area is 204 Å². The van der Waals surface area contributed by atoms with E-state index in [-0.39, 0.29) is 11.2 Å². The lowest BCUT2D eigenvalue weighted by molar-refractivity contribution is -0.115. The maximum absolute atomic E-state index is 12.9. The third-order valence-corrected chi connectivity index (χ3v) is 6.96. The highest BCUT2D eigenvalue weighted by Crippen LogP contribution is 2.26. The molecule has 0 aliphatic rings. The van der Waals surface area contributed by atoms with Crippen molar-refractivity contribution in [2.75, 3.05) is 12.4 Å². The highest BCUT2D eigenvalue weighted by Gasteiger charge is 2.22. The number of hydrogen-bond acceptors (Lipinski definition) is 6. The van der Waals surface area contributed by atoms with Crippen molar-refractivity contribution in [1.82, 2.24) is 19.6 Å². The summed E-state index contributed by atoms with van der Waals surface area (Å²) in [5.41, 5.74) is 6.26. The molecule has 0 saturated heterocycles. The number of fused-ring (bicyclic) bond motifs is 1. The monoisotopic (exact) mass is 475 g/mol. The van der Waals surface area contributed by atoms with Gasteiger partial charge in [-0.05, 0) is 50.5 Å². The van der Waals surface area contributed by atoms with E-state index in [0.29, 0.717) is 28.8 Å². The molecule has 0 unspecified atom stereocenters. The lowest BCUT2D eigenvalue weighted by atomic mass is 10.0. The summed E-state index contributed by atoms with van der Waals surface area (Å²) < 4.78 is 7.02. The van der Waals surface area contributed by atoms with Gasteiger partial charge in [0.25, 0.3) is 5.78 Å². The molecule has 176 valence electrons. The zero-order valence-corrected chi connectivity index (χ0v) is 20.9. The number of hydrogen-bond donors (Lipinski definition) is 1. The number of anilines is 1. The van der Waals surface area contributed by atoms with Crippen LogP contribution < -0.4 is 10.1 Å². The van der Waals surface area contributed by atoms with Crippen LogP contribution in [-0.4, -0.2) is 37.8 Å². The lowest BCUT2D eigenvalue weighted by Gasteiger charge is -2.13. The van der Waals surface area contributed by atoms with Crippen LogP contribution in [-0.2, 0) is 11.2 Å². The average Bonchev–Trinajstić information content (AvgIpc) is 3.23. The van der Waals surface area contributed by atoms with Crippen LogP contribution in [0.5, 0.6) is 5.75 Å². The first-order valence-electron chi connectivity index (χ1n) is 11.3. The van der Waals surface area contributed by atoms with E-state index < -0.39 is 0 Å². The third kappa shape index (κ3) is 5.22. The van der Waals surface area contributed by atoms with Gasteiger partial charge in [0.15, 0.2) is 0 Å². The van der Waals surface area contributed by atoms with Crippen LogP contribution in [0.25, 0.3) is 5.78 Å². The molecule has 2 aromatic carbocycles. The van der Waals surface area contributed by atoms with E-state index in [1.165, 1.54) is 22.9 Å². The van der Waals surface area contributed by atoms with E-state index in [1.54, 1.807) is 17.7 Å². The summed E-state index contributed by atoms with van der Waals surface area (Å²) in [6, 6.07) is 15.8. The lowest BCUT2D eigenvalue weighted by Crippen LogP contribution is -2.24. The molecule has 0 saturated carbocycles. The number of benzene rings is 2. The number of nitrogens with one attached hydrogen (secondary N) is 1. The number of carbonyl (C=O) groups excluding carboxylic acids is 1. The van der Waals surface area contributed by atoms with Gasteiger partial charge in [0.1, 0.15) is 5.75 Å². The molecular weight excluding hydrogens is 446 g/mol. The molecule has 2 aromatic heterocycles. The number of ether oxygens (including phenoxy) is 1. The van der Waals surface area contributed by atoms with Gasteiger partial charge < -0.3 is 10.1 Å². The molecule has 2 heterocycles. The van der Waals surface area contributed by atoms with Crippen LogP contribution >= 0.6 is 11.8 Å². The minimum atomic E-state index is -0.336. The Morgan fingerprint density at radius 3 is 2.65 bits per heavy atom. The molecule has 0 aliphatic carbocycles. The quantitative estimate of drug-likeness (QED) is 0.355. The number of methoxy groups -OCH3 is 1. The van der Waals surface area contributed by atoms with Crippen LogP contribution in [0.1, 0.15) is 41.4 Å². The summed E-state index contributed by atoms with van der Waals surface area (Å²) in [5, 5.41) is 7.85. The summed E-state index contributed by atoms with van der Waals surface area (Å²) in [7, 11) is 1.60. The molecule has 4 aromatic rings. The molecule has 7 nitrogen and oxygen atoms in total. The van der Waals surface area contributed by atoms with Crippen molar-refractivity contribution < 1.29 is 9.53 Å². The van der Waals surface area contributed by atoms with E-state index in [1.807, 2.05) is 39.0 Å². The molecule has 0 spiro atoms. The Balaban J connectivity index is 1.55. The largest absolute Gasteiger partial charge is 0.497 e. The summed E-state index contributed by atoms with van der Waals surface area (Å²) in [6.07, 6.45) is 1.42. The molecule has 0 fully saturated rings. The summed E-state index contributed by atoms with van der Waals surface area (Å²) in [6.45, 7) is 8.13. The highest BCUT2D eigenvalue weighted by atomic mass is 32.2. The van der Waals surface area contributed by atoms with Crippen molar-refractivity contribution in [2.45, 2.75) is 50.9 Å². The number of nitrogens with zero attached hydrogens (tertiary/aromatic N) is 4. The van der Waals surface area contributed by atoms with E-state index >= 15 is 0 Å². The van der Waals surface area contributed by atoms with Gasteiger partial charge in [-0.15, -0.1) is 5.10 Å². The van der Waals surface area contributed by atoms with Gasteiger partial charge in [0.05, 0.1) is 12.4 Å². The van der Waals surface area contributed by atoms with Crippen LogP contribution in [0, 0.1) is 20.8 Å². The zero-order valence-electron chi connectivity index (χ0n) is 20.1. The smallest absolute Gasteiger partial charge is 0.253 e. The Hall–Kier alpha value is -3.39. The number of aromatic nitrogens is 4. The minimum absolute atomic E-state index is 0.0967. The van der Waals surface area contributed by atoms with Gasteiger partial charge in [-0.25, -0.2) is 9.50 Å². The van der Waals surface area contributed by atoms with Gasteiger partial charge in [-0.3, -0.25) is 4.79 Å². The molecule has 0 bridgehead atoms. The first kappa shape index (κ1) is 23.8. The normalized spacial score (nSPS) is 12.0. The molecular formula is C26H29N5O2S. The Morgan fingerprint density at radius 2 is 1.91 bits per heavy atom. The fraction of sp³-hybridized carbons (Fsp3) is 0.308. The highest BCUT2D eigenvalue weighted by molar-refractivity contribution is 8.00. The number of thioether (sulfide) groups is 1. The second kappa shape index (κ2) is 10.3. The van der Waals surface area contributed by atoms with E-state index in [9.17, 15) is 4.79 Å². The average molecular weight is 476 g/mol. The molecule has 4 rings (SSSR count). The Bertz CT molecular complexity index is 1330. The number of aryl methyl sites for hydroxylation is 3. The van der Waals surface area contributed by atoms with E-state index in [0.717, 1.165) is 23.4 Å². The van der Waals surface area contributed by atoms with Crippen molar-refractivity contribution in [2.24, 2.45) is 0 Å². The van der Waals surface area contributed by atoms with Crippen molar-refractivity contribution in [3.05, 3.63) is 76.6 Å². The predicted octanol–water partition coefficient (Wildman–Crippen LogP) is 5.16. The SMILES string of the molecule is CC[C@H](Sc1nc2nc(C)c(Cc3cccc(C)c3)c(C)n2n1)C(=O)Nc1cccc(OC)c1. The minimum Gasteiger partial charge on any atom is -0.497 e. The molecule has 34 heavy (non-hydrogen) atoms. The van der Waals surface area contributed by atoms with Gasteiger partial charge in [-0.1, -0.05) is 54.6 Å². The van der Waals surface area contributed by atoms with E-state index in [4.69, 9.17) is 9.72 Å². The van der Waals surface area contributed by atoms with Crippen molar-refractivity contribution >= 4 is 29.1 Å². The number of rotatable bonds is 8. The third-order valence-electron chi connectivity index (χ3n) is 5.74. The molecule has 1 atom stereocenters. The molecule has 8 heteroatoms. The van der Waals surface area contributed by atoms with Gasteiger partial charge in [-0.2, -0.15) is 4.98 Å². The van der Waals surface area contributed by atoms with Crippen LogP contribution in [0.3, 0.4) is 0 Å². The fourth-order valence-corrected chi connectivity index (χ4v) is 4.75. The van der Waals surface area contributed by atoms with Crippen LogP contribution in [0.2, 0.25) is 0 Å². The van der Waals surface area contributed by atoms with Gasteiger partial charge >= 0.3 is 0 Å². The maximum atomic E-state index is 12.9. The first-order valence-corrected chi connectivity index (χ1v) is 12.2. The van der Waals surface area contributed by atoms with Crippen LogP contribution in [0.15, 0.2) is 53.7 Å². The second-order valence-electron chi connectivity index (χ2n) is 8.27. The van der Waals surface area contributed by atoms with Crippen molar-refractivity contribution in [1.29, 1.82) is 0 Å². The van der Waals surface area contributed by atoms with Gasteiger partial charge in [0.2, 0.25) is 11.1 Å². The van der Waals surface area contributed by atoms with Crippen molar-refractivity contribution in [3.63, 3.8) is 0 Å². The van der Waals surface area contributed by atoms with Crippen LogP contribution in [0.4, 0.5) is 5.69 Å². The molecule has 0 radical (unpaired) electrons. The number of amides is 1. The second-order valence-corrected chi connectivity index (χ2v) is 9.44. The predicted molar refractivity (Wildman–Crippen MR) is 136 cm³/mol. The van der Waals surface area contributed by atoms with Crippen molar-refractivity contribution in [3.8, 4) is 5.75 Å². The zero-order chi connectivity index (χ0) is 24.2. The summed E-state index contributed by atoms with van der Waals surface area (Å²) >= 11 is 1.35. The summed E-state index contributed by atoms with van der Waals surface area (Å²) in [5.74, 6) is 1.15. The molecule has 1 amide bonds. The molecule has 0 aliphatic heterocycles. The Kier molecular flexibility index (Phi) is 7.17. The summed E-state index contributed by atoms with van der Waals surface area (Å²) in [4.78, 5) is 22.2. The fourth-order valence-electron chi connectivity index (χ4n) is 3.90. The first-order chi connectivity index (χ1) is 16.4. The topological polar surface area (TPSA) is 81.4 Å². The molecule has 1 N–H and O–H groups in total. The van der Waals surface area contributed by atoms with Gasteiger partial charge in [0, 0.05) is 29.6 Å². The standard InChI is InChI=1S/C26H29N5O2S/c1-6-23(24(32)28-20-11-8-12-21(15-20)33-5)34-26-29-25-27-17(3)22(18(4)31(25)30-26)14-19-10-7-9-16(2)13-19/h7-13,15,23H,6,14H2,1-5H3,(H,28,32)/t23-/m0/s1. The number of carbonyl (C=O) groups is 1. The Morgan fingerprint density at radius 1 is 1.12 bits per heavy atom. The maximum Gasteiger partial charge on any atom is 0.253 e.